The van der Waals surface area contributed by atoms with Gasteiger partial charge in [0.1, 0.15) is 0 Å². The summed E-state index contributed by atoms with van der Waals surface area (Å²) < 4.78 is 0. The number of nitrogens with two attached hydrogens (primary N) is 1. The van der Waals surface area contributed by atoms with Crippen LogP contribution in [0.5, 0.6) is 0 Å². The highest BCUT2D eigenvalue weighted by atomic mass is 16.2. The molecule has 0 aromatic rings. The van der Waals surface area contributed by atoms with Crippen molar-refractivity contribution in [2.45, 2.75) is 44.7 Å². The van der Waals surface area contributed by atoms with Crippen molar-refractivity contribution in [1.82, 2.24) is 14.7 Å². The van der Waals surface area contributed by atoms with Crippen LogP contribution in [0.1, 0.15) is 32.6 Å². The Morgan fingerprint density at radius 1 is 1.24 bits per heavy atom. The van der Waals surface area contributed by atoms with Crippen molar-refractivity contribution in [3.05, 3.63) is 0 Å². The lowest BCUT2D eigenvalue weighted by molar-refractivity contribution is -0.135. The maximum absolute atomic E-state index is 12.6. The monoisotopic (exact) mass is 296 g/mol. The van der Waals surface area contributed by atoms with Crippen LogP contribution >= 0.6 is 0 Å². The molecule has 0 bridgehead atoms. The second kappa shape index (κ2) is 7.56. The molecule has 2 aliphatic rings. The molecular weight excluding hydrogens is 264 g/mol. The molecule has 1 aliphatic carbocycles. The Kier molecular flexibility index (Phi) is 6.02. The van der Waals surface area contributed by atoms with Crippen molar-refractivity contribution < 1.29 is 4.79 Å². The van der Waals surface area contributed by atoms with Crippen LogP contribution < -0.4 is 5.73 Å². The average molecular weight is 296 g/mol. The van der Waals surface area contributed by atoms with Gasteiger partial charge in [0, 0.05) is 45.3 Å². The molecule has 0 aromatic carbocycles. The summed E-state index contributed by atoms with van der Waals surface area (Å²) in [6.07, 6.45) is 4.82. The molecule has 2 rings (SSSR count). The van der Waals surface area contributed by atoms with Gasteiger partial charge in [-0.1, -0.05) is 6.92 Å². The quantitative estimate of drug-likeness (QED) is 0.825. The third-order valence-corrected chi connectivity index (χ3v) is 5.34. The summed E-state index contributed by atoms with van der Waals surface area (Å²) in [7, 11) is 4.10. The molecule has 1 saturated heterocycles. The van der Waals surface area contributed by atoms with E-state index < -0.39 is 0 Å². The van der Waals surface area contributed by atoms with E-state index in [1.54, 1.807) is 0 Å². The van der Waals surface area contributed by atoms with E-state index in [9.17, 15) is 4.79 Å². The Balaban J connectivity index is 1.85. The topological polar surface area (TPSA) is 52.8 Å². The van der Waals surface area contributed by atoms with Gasteiger partial charge >= 0.3 is 0 Å². The third kappa shape index (κ3) is 4.41. The van der Waals surface area contributed by atoms with Gasteiger partial charge in [0.2, 0.25) is 5.91 Å². The molecule has 5 nitrogen and oxygen atoms in total. The summed E-state index contributed by atoms with van der Waals surface area (Å²) >= 11 is 0. The van der Waals surface area contributed by atoms with E-state index in [1.165, 1.54) is 12.8 Å². The number of hydrogen-bond acceptors (Lipinski definition) is 4. The van der Waals surface area contributed by atoms with Gasteiger partial charge in [-0.15, -0.1) is 0 Å². The molecule has 0 radical (unpaired) electrons. The maximum Gasteiger partial charge on any atom is 0.236 e. The first-order valence-electron chi connectivity index (χ1n) is 8.39. The molecule has 1 amide bonds. The van der Waals surface area contributed by atoms with Crippen LogP contribution in [-0.4, -0.2) is 79.5 Å². The highest BCUT2D eigenvalue weighted by Crippen LogP contribution is 2.26. The fourth-order valence-corrected chi connectivity index (χ4v) is 3.60. The summed E-state index contributed by atoms with van der Waals surface area (Å²) in [5.74, 6) is 1.08. The predicted octanol–water partition coefficient (Wildman–Crippen LogP) is 0.598. The number of nitrogens with zero attached hydrogens (tertiary/aromatic N) is 3. The average Bonchev–Trinajstić information content (AvgIpc) is 2.49. The van der Waals surface area contributed by atoms with E-state index in [-0.39, 0.29) is 5.91 Å². The number of amides is 1. The smallest absolute Gasteiger partial charge is 0.236 e. The van der Waals surface area contributed by atoms with E-state index in [0.717, 1.165) is 38.4 Å². The fourth-order valence-electron chi connectivity index (χ4n) is 3.60. The molecule has 5 heteroatoms. The lowest BCUT2D eigenvalue weighted by Crippen LogP contribution is -2.57. The number of carbonyl (C=O) groups is 1. The van der Waals surface area contributed by atoms with E-state index in [1.807, 2.05) is 11.9 Å². The summed E-state index contributed by atoms with van der Waals surface area (Å²) in [6.45, 7) is 6.40. The first-order chi connectivity index (χ1) is 10.0. The molecule has 21 heavy (non-hydrogen) atoms. The molecule has 1 atom stereocenters. The van der Waals surface area contributed by atoms with Crippen LogP contribution in [0.4, 0.5) is 0 Å². The van der Waals surface area contributed by atoms with Crippen LogP contribution in [0.15, 0.2) is 0 Å². The number of rotatable bonds is 4. The molecule has 0 spiro atoms. The summed E-state index contributed by atoms with van der Waals surface area (Å²) in [6, 6.07) is 0.755. The number of hydrogen-bond donors (Lipinski definition) is 1. The van der Waals surface area contributed by atoms with Crippen LogP contribution in [0.3, 0.4) is 0 Å². The lowest BCUT2D eigenvalue weighted by Gasteiger charge is -2.40. The number of carbonyl (C=O) groups excluding carboxylic acids is 1. The van der Waals surface area contributed by atoms with Gasteiger partial charge in [0.25, 0.3) is 0 Å². The van der Waals surface area contributed by atoms with Gasteiger partial charge in [-0.25, -0.2) is 0 Å². The zero-order valence-electron chi connectivity index (χ0n) is 13.9. The molecule has 1 saturated carbocycles. The SMILES string of the molecule is CC1CCC(N(C)C(=O)CN2CCN(C)CC2CN)CC1. The Labute approximate surface area is 129 Å². The van der Waals surface area contributed by atoms with E-state index in [0.29, 0.717) is 25.2 Å². The minimum Gasteiger partial charge on any atom is -0.342 e. The first-order valence-corrected chi connectivity index (χ1v) is 8.39. The van der Waals surface area contributed by atoms with Crippen molar-refractivity contribution in [3.63, 3.8) is 0 Å². The van der Waals surface area contributed by atoms with Gasteiger partial charge in [-0.2, -0.15) is 0 Å². The Morgan fingerprint density at radius 2 is 1.90 bits per heavy atom. The van der Waals surface area contributed by atoms with Crippen LogP contribution in [0, 0.1) is 5.92 Å². The van der Waals surface area contributed by atoms with Gasteiger partial charge in [0.05, 0.1) is 6.54 Å². The molecule has 1 unspecified atom stereocenters. The second-order valence-electron chi connectivity index (χ2n) is 7.04. The zero-order valence-corrected chi connectivity index (χ0v) is 13.9. The Bertz CT molecular complexity index is 341. The van der Waals surface area contributed by atoms with Crippen molar-refractivity contribution in [3.8, 4) is 0 Å². The van der Waals surface area contributed by atoms with Gasteiger partial charge < -0.3 is 15.5 Å². The van der Waals surface area contributed by atoms with Crippen molar-refractivity contribution in [2.75, 3.05) is 46.8 Å². The van der Waals surface area contributed by atoms with Gasteiger partial charge in [-0.05, 0) is 38.6 Å². The van der Waals surface area contributed by atoms with E-state index >= 15 is 0 Å². The number of likely N-dealkylation sites (N-methyl/N-ethyl adjacent to an activating group) is 2. The van der Waals surface area contributed by atoms with Crippen LogP contribution in [0.2, 0.25) is 0 Å². The summed E-state index contributed by atoms with van der Waals surface area (Å²) in [5, 5.41) is 0. The minimum atomic E-state index is 0.262. The molecule has 1 aliphatic heterocycles. The minimum absolute atomic E-state index is 0.262. The van der Waals surface area contributed by atoms with Crippen LogP contribution in [0.25, 0.3) is 0 Å². The van der Waals surface area contributed by atoms with Gasteiger partial charge in [-0.3, -0.25) is 9.69 Å². The normalized spacial score (nSPS) is 32.1. The van der Waals surface area contributed by atoms with E-state index in [2.05, 4.69) is 23.8 Å². The molecule has 1 heterocycles. The van der Waals surface area contributed by atoms with E-state index in [4.69, 9.17) is 5.73 Å². The van der Waals surface area contributed by atoms with Crippen molar-refractivity contribution in [1.29, 1.82) is 0 Å². The predicted molar refractivity (Wildman–Crippen MR) is 86.1 cm³/mol. The summed E-state index contributed by atoms with van der Waals surface area (Å²) in [5.41, 5.74) is 5.87. The lowest BCUT2D eigenvalue weighted by atomic mass is 9.87. The highest BCUT2D eigenvalue weighted by molar-refractivity contribution is 5.78. The Morgan fingerprint density at radius 3 is 2.52 bits per heavy atom. The summed E-state index contributed by atoms with van der Waals surface area (Å²) in [4.78, 5) is 19.1. The molecule has 2 fully saturated rings. The zero-order chi connectivity index (χ0) is 15.4. The van der Waals surface area contributed by atoms with Crippen LogP contribution in [-0.2, 0) is 4.79 Å². The Hall–Kier alpha value is -0.650. The largest absolute Gasteiger partial charge is 0.342 e. The maximum atomic E-state index is 12.6. The highest BCUT2D eigenvalue weighted by Gasteiger charge is 2.29. The number of piperazine rings is 1. The molecule has 122 valence electrons. The van der Waals surface area contributed by atoms with Gasteiger partial charge in [0.15, 0.2) is 0 Å². The van der Waals surface area contributed by atoms with Crippen molar-refractivity contribution in [2.24, 2.45) is 11.7 Å². The molecular formula is C16H32N4O. The second-order valence-corrected chi connectivity index (χ2v) is 7.04. The van der Waals surface area contributed by atoms with Crippen molar-refractivity contribution >= 4 is 5.91 Å². The fraction of sp³-hybridized carbons (Fsp3) is 0.938. The first kappa shape index (κ1) is 16.7. The standard InChI is InChI=1S/C16H32N4O/c1-13-4-6-14(7-5-13)19(3)16(21)12-20-9-8-18(2)11-15(20)10-17/h13-15H,4-12,17H2,1-3H3. The third-order valence-electron chi connectivity index (χ3n) is 5.34. The molecule has 0 aromatic heterocycles. The molecule has 2 N–H and O–H groups in total.